The van der Waals surface area contributed by atoms with Gasteiger partial charge in [-0.25, -0.2) is 0 Å². The van der Waals surface area contributed by atoms with E-state index in [2.05, 4.69) is 51.7 Å². The van der Waals surface area contributed by atoms with Crippen LogP contribution in [0.3, 0.4) is 0 Å². The number of amides is 2. The molecule has 7 nitrogen and oxygen atoms in total. The van der Waals surface area contributed by atoms with Gasteiger partial charge in [0, 0.05) is 37.6 Å². The van der Waals surface area contributed by atoms with Crippen LogP contribution in [0.25, 0.3) is 11.1 Å². The molecule has 0 aliphatic carbocycles. The second-order valence-corrected chi connectivity index (χ2v) is 9.97. The standard InChI is InChI=1S/C33H31N5O2/c1-2-32(39)35-26-11-15-30-31(21-26)38(22-23-6-4-3-5-7-23)33(40)28-20-25(10-14-29(28)36-30)24-8-12-27(13-9-24)37-18-16-34-17-19-37/h2-15,20-21,34,36H,1,16-19,22H2,(H,35,39). The van der Waals surface area contributed by atoms with Crippen molar-refractivity contribution in [2.45, 2.75) is 6.54 Å². The Bertz CT molecular complexity index is 1560. The molecule has 0 atom stereocenters. The number of nitrogens with zero attached hydrogens (tertiary/aromatic N) is 2. The molecule has 1 fully saturated rings. The van der Waals surface area contributed by atoms with E-state index in [9.17, 15) is 9.59 Å². The number of anilines is 5. The van der Waals surface area contributed by atoms with Gasteiger partial charge < -0.3 is 25.8 Å². The SMILES string of the molecule is C=CC(=O)Nc1ccc2c(c1)N(Cc1ccccc1)C(=O)c1cc(-c3ccc(N4CCNCC4)cc3)ccc1N2. The zero-order valence-electron chi connectivity index (χ0n) is 22.2. The van der Waals surface area contributed by atoms with E-state index in [4.69, 9.17) is 0 Å². The lowest BCUT2D eigenvalue weighted by atomic mass is 10.0. The third-order valence-electron chi connectivity index (χ3n) is 7.37. The monoisotopic (exact) mass is 529 g/mol. The van der Waals surface area contributed by atoms with Gasteiger partial charge in [0.2, 0.25) is 5.91 Å². The molecule has 0 unspecified atom stereocenters. The Kier molecular flexibility index (Phi) is 7.04. The molecule has 200 valence electrons. The van der Waals surface area contributed by atoms with Crippen molar-refractivity contribution >= 4 is 40.3 Å². The minimum absolute atomic E-state index is 0.114. The topological polar surface area (TPSA) is 76.7 Å². The first-order valence-corrected chi connectivity index (χ1v) is 13.5. The second kappa shape index (κ2) is 11.1. The lowest BCUT2D eigenvalue weighted by molar-refractivity contribution is -0.111. The molecule has 4 aromatic rings. The Morgan fingerprint density at radius 3 is 2.35 bits per heavy atom. The van der Waals surface area contributed by atoms with Gasteiger partial charge in [-0.3, -0.25) is 9.59 Å². The minimum atomic E-state index is -0.307. The van der Waals surface area contributed by atoms with Crippen LogP contribution in [0.4, 0.5) is 28.4 Å². The average molecular weight is 530 g/mol. The van der Waals surface area contributed by atoms with Gasteiger partial charge in [-0.2, -0.15) is 0 Å². The number of piperazine rings is 1. The van der Waals surface area contributed by atoms with Crippen molar-refractivity contribution in [1.29, 1.82) is 0 Å². The summed E-state index contributed by atoms with van der Waals surface area (Å²) in [5, 5.41) is 9.67. The normalized spacial score (nSPS) is 14.4. The molecular formula is C33H31N5O2. The fourth-order valence-corrected chi connectivity index (χ4v) is 5.25. The number of benzene rings is 4. The molecule has 7 heteroatoms. The molecule has 40 heavy (non-hydrogen) atoms. The molecule has 1 saturated heterocycles. The van der Waals surface area contributed by atoms with Crippen LogP contribution in [0.15, 0.2) is 104 Å². The van der Waals surface area contributed by atoms with E-state index in [1.165, 1.54) is 11.8 Å². The maximum Gasteiger partial charge on any atom is 0.260 e. The van der Waals surface area contributed by atoms with Crippen molar-refractivity contribution < 1.29 is 9.59 Å². The van der Waals surface area contributed by atoms with Crippen LogP contribution in [0.2, 0.25) is 0 Å². The first kappa shape index (κ1) is 25.4. The van der Waals surface area contributed by atoms with Crippen LogP contribution in [0.5, 0.6) is 0 Å². The van der Waals surface area contributed by atoms with Crippen molar-refractivity contribution in [3.63, 3.8) is 0 Å². The highest BCUT2D eigenvalue weighted by Crippen LogP contribution is 2.39. The summed E-state index contributed by atoms with van der Waals surface area (Å²) in [5.74, 6) is -0.421. The van der Waals surface area contributed by atoms with E-state index < -0.39 is 0 Å². The maximum absolute atomic E-state index is 14.2. The molecule has 0 saturated carbocycles. The van der Waals surface area contributed by atoms with Gasteiger partial charge >= 0.3 is 0 Å². The predicted molar refractivity (Wildman–Crippen MR) is 162 cm³/mol. The van der Waals surface area contributed by atoms with Gasteiger partial charge in [-0.05, 0) is 65.2 Å². The Hall–Kier alpha value is -4.88. The molecule has 0 bridgehead atoms. The van der Waals surface area contributed by atoms with E-state index in [0.717, 1.165) is 54.2 Å². The molecule has 0 spiro atoms. The summed E-state index contributed by atoms with van der Waals surface area (Å²) in [6, 6.07) is 30.0. The highest BCUT2D eigenvalue weighted by Gasteiger charge is 2.28. The first-order chi connectivity index (χ1) is 19.6. The second-order valence-electron chi connectivity index (χ2n) is 9.97. The van der Waals surface area contributed by atoms with E-state index in [1.807, 2.05) is 66.7 Å². The Morgan fingerprint density at radius 2 is 1.60 bits per heavy atom. The fraction of sp³-hybridized carbons (Fsp3) is 0.152. The van der Waals surface area contributed by atoms with Gasteiger partial charge in [0.25, 0.3) is 5.91 Å². The lowest BCUT2D eigenvalue weighted by Gasteiger charge is -2.29. The summed E-state index contributed by atoms with van der Waals surface area (Å²) in [6.45, 7) is 7.90. The quantitative estimate of drug-likeness (QED) is 0.276. The Morgan fingerprint density at radius 1 is 0.875 bits per heavy atom. The van der Waals surface area contributed by atoms with Crippen LogP contribution in [-0.2, 0) is 11.3 Å². The van der Waals surface area contributed by atoms with Gasteiger partial charge in [0.15, 0.2) is 0 Å². The van der Waals surface area contributed by atoms with E-state index >= 15 is 0 Å². The number of carbonyl (C=O) groups is 2. The number of hydrogen-bond acceptors (Lipinski definition) is 5. The molecule has 2 aliphatic heterocycles. The number of nitrogens with one attached hydrogen (secondary N) is 3. The minimum Gasteiger partial charge on any atom is -0.369 e. The van der Waals surface area contributed by atoms with Gasteiger partial charge in [0.05, 0.1) is 29.2 Å². The Balaban J connectivity index is 1.36. The molecule has 0 aromatic heterocycles. The molecule has 0 radical (unpaired) electrons. The number of carbonyl (C=O) groups excluding carboxylic acids is 2. The molecule has 4 aromatic carbocycles. The van der Waals surface area contributed by atoms with E-state index in [1.54, 1.807) is 4.90 Å². The lowest BCUT2D eigenvalue weighted by Crippen LogP contribution is -2.43. The number of hydrogen-bond donors (Lipinski definition) is 3. The van der Waals surface area contributed by atoms with Crippen molar-refractivity contribution in [2.24, 2.45) is 0 Å². The van der Waals surface area contributed by atoms with Crippen LogP contribution in [-0.4, -0.2) is 38.0 Å². The van der Waals surface area contributed by atoms with E-state index in [-0.39, 0.29) is 11.8 Å². The van der Waals surface area contributed by atoms with Gasteiger partial charge in [-0.15, -0.1) is 0 Å². The van der Waals surface area contributed by atoms with Gasteiger partial charge in [0.1, 0.15) is 0 Å². The van der Waals surface area contributed by atoms with Gasteiger partial charge in [-0.1, -0.05) is 55.1 Å². The smallest absolute Gasteiger partial charge is 0.260 e. The largest absolute Gasteiger partial charge is 0.369 e. The molecule has 2 amide bonds. The molecule has 2 aliphatic rings. The average Bonchev–Trinajstić information content (AvgIpc) is 3.12. The zero-order valence-corrected chi connectivity index (χ0v) is 22.2. The number of fused-ring (bicyclic) bond motifs is 2. The zero-order chi connectivity index (χ0) is 27.5. The van der Waals surface area contributed by atoms with Crippen LogP contribution < -0.4 is 25.8 Å². The fourth-order valence-electron chi connectivity index (χ4n) is 5.25. The van der Waals surface area contributed by atoms with Crippen molar-refractivity contribution in [3.8, 4) is 11.1 Å². The highest BCUT2D eigenvalue weighted by molar-refractivity contribution is 6.14. The number of rotatable bonds is 6. The first-order valence-electron chi connectivity index (χ1n) is 13.5. The maximum atomic E-state index is 14.2. The summed E-state index contributed by atoms with van der Waals surface area (Å²) >= 11 is 0. The summed E-state index contributed by atoms with van der Waals surface area (Å²) in [5.41, 5.74) is 7.64. The van der Waals surface area contributed by atoms with Crippen LogP contribution >= 0.6 is 0 Å². The molecule has 3 N–H and O–H groups in total. The highest BCUT2D eigenvalue weighted by atomic mass is 16.2. The summed E-state index contributed by atoms with van der Waals surface area (Å²) in [7, 11) is 0. The molecular weight excluding hydrogens is 498 g/mol. The molecule has 6 rings (SSSR count). The third-order valence-corrected chi connectivity index (χ3v) is 7.37. The summed E-state index contributed by atoms with van der Waals surface area (Å²) in [4.78, 5) is 30.3. The van der Waals surface area contributed by atoms with Crippen molar-refractivity contribution in [3.05, 3.63) is 115 Å². The van der Waals surface area contributed by atoms with Crippen molar-refractivity contribution in [1.82, 2.24) is 5.32 Å². The summed E-state index contributed by atoms with van der Waals surface area (Å²) < 4.78 is 0. The van der Waals surface area contributed by atoms with Crippen LogP contribution in [0.1, 0.15) is 15.9 Å². The van der Waals surface area contributed by atoms with E-state index in [0.29, 0.717) is 23.5 Å². The third kappa shape index (κ3) is 5.19. The molecule has 2 heterocycles. The Labute approximate surface area is 234 Å². The predicted octanol–water partition coefficient (Wildman–Crippen LogP) is 5.79. The van der Waals surface area contributed by atoms with Crippen molar-refractivity contribution in [2.75, 3.05) is 46.6 Å². The summed E-state index contributed by atoms with van der Waals surface area (Å²) in [6.07, 6.45) is 1.23. The van der Waals surface area contributed by atoms with Crippen LogP contribution in [0, 0.1) is 0 Å².